The van der Waals surface area contributed by atoms with Crippen LogP contribution in [-0.2, 0) is 11.3 Å². The molecule has 0 bridgehead atoms. The third-order valence-corrected chi connectivity index (χ3v) is 5.12. The zero-order valence-corrected chi connectivity index (χ0v) is 14.5. The molecule has 0 radical (unpaired) electrons. The van der Waals surface area contributed by atoms with Gasteiger partial charge in [0.25, 0.3) is 0 Å². The van der Waals surface area contributed by atoms with Crippen LogP contribution in [0, 0.1) is 5.92 Å². The normalized spacial score (nSPS) is 22.6. The number of fused-ring (bicyclic) bond motifs is 1. The summed E-state index contributed by atoms with van der Waals surface area (Å²) in [6, 6.07) is 19.1. The fourth-order valence-corrected chi connectivity index (χ4v) is 3.87. The molecule has 0 aliphatic carbocycles. The molecule has 2 aliphatic rings. The van der Waals surface area contributed by atoms with E-state index in [1.54, 1.807) is 0 Å². The maximum Gasteiger partial charge on any atom is 0.227 e. The Morgan fingerprint density at radius 1 is 1.04 bits per heavy atom. The van der Waals surface area contributed by atoms with Crippen molar-refractivity contribution in [2.45, 2.75) is 18.9 Å². The van der Waals surface area contributed by atoms with Crippen LogP contribution in [0.3, 0.4) is 0 Å². The number of nitrogens with one attached hydrogen (secondary N) is 1. The number of amides is 1. The Kier molecular flexibility index (Phi) is 5.22. The summed E-state index contributed by atoms with van der Waals surface area (Å²) >= 11 is 0. The highest BCUT2D eigenvalue weighted by Gasteiger charge is 2.33. The molecule has 126 valence electrons. The van der Waals surface area contributed by atoms with Crippen LogP contribution in [-0.4, -0.2) is 30.4 Å². The summed E-state index contributed by atoms with van der Waals surface area (Å²) < 4.78 is 0. The van der Waals surface area contributed by atoms with Crippen molar-refractivity contribution in [2.24, 2.45) is 5.92 Å². The SMILES string of the molecule is Cl.O=C(C1CCNC1)N1Cc2ccccc2C(c2ccccc2)C1. The van der Waals surface area contributed by atoms with Gasteiger partial charge in [0.15, 0.2) is 0 Å². The average Bonchev–Trinajstić information content (AvgIpc) is 3.15. The fourth-order valence-electron chi connectivity index (χ4n) is 3.87. The van der Waals surface area contributed by atoms with Gasteiger partial charge in [-0.3, -0.25) is 4.79 Å². The second kappa shape index (κ2) is 7.37. The highest BCUT2D eigenvalue weighted by atomic mass is 35.5. The van der Waals surface area contributed by atoms with Crippen molar-refractivity contribution >= 4 is 18.3 Å². The van der Waals surface area contributed by atoms with E-state index in [1.807, 2.05) is 6.07 Å². The largest absolute Gasteiger partial charge is 0.337 e. The summed E-state index contributed by atoms with van der Waals surface area (Å²) in [5, 5.41) is 3.31. The van der Waals surface area contributed by atoms with Crippen LogP contribution in [0.4, 0.5) is 0 Å². The van der Waals surface area contributed by atoms with Crippen molar-refractivity contribution < 1.29 is 4.79 Å². The van der Waals surface area contributed by atoms with Crippen LogP contribution in [0.2, 0.25) is 0 Å². The van der Waals surface area contributed by atoms with Crippen molar-refractivity contribution in [1.29, 1.82) is 0 Å². The molecule has 4 rings (SSSR count). The first-order chi connectivity index (χ1) is 11.3. The van der Waals surface area contributed by atoms with Gasteiger partial charge in [-0.2, -0.15) is 0 Å². The van der Waals surface area contributed by atoms with Gasteiger partial charge in [-0.15, -0.1) is 12.4 Å². The summed E-state index contributed by atoms with van der Waals surface area (Å²) in [6.45, 7) is 3.32. The molecule has 1 amide bonds. The average molecular weight is 343 g/mol. The van der Waals surface area contributed by atoms with Gasteiger partial charge in [0.1, 0.15) is 0 Å². The smallest absolute Gasteiger partial charge is 0.227 e. The zero-order chi connectivity index (χ0) is 15.6. The standard InChI is InChI=1S/C20H22N2O.ClH/c23-20(16-10-11-21-12-16)22-13-17-8-4-5-9-18(17)19(14-22)15-6-2-1-3-7-15;/h1-9,16,19,21H,10-14H2;1H. The van der Waals surface area contributed by atoms with Gasteiger partial charge < -0.3 is 10.2 Å². The van der Waals surface area contributed by atoms with E-state index in [4.69, 9.17) is 0 Å². The van der Waals surface area contributed by atoms with Gasteiger partial charge in [0, 0.05) is 25.6 Å². The molecule has 2 unspecified atom stereocenters. The molecule has 0 aromatic heterocycles. The molecule has 3 nitrogen and oxygen atoms in total. The molecule has 1 saturated heterocycles. The molecule has 2 aromatic carbocycles. The lowest BCUT2D eigenvalue weighted by Crippen LogP contribution is -2.42. The Bertz CT molecular complexity index is 698. The molecular formula is C20H23ClN2O. The minimum Gasteiger partial charge on any atom is -0.337 e. The summed E-state index contributed by atoms with van der Waals surface area (Å²) in [5.74, 6) is 0.738. The quantitative estimate of drug-likeness (QED) is 0.909. The third-order valence-electron chi connectivity index (χ3n) is 5.12. The van der Waals surface area contributed by atoms with Crippen LogP contribution in [0.25, 0.3) is 0 Å². The lowest BCUT2D eigenvalue weighted by Gasteiger charge is -2.36. The van der Waals surface area contributed by atoms with E-state index >= 15 is 0 Å². The summed E-state index contributed by atoms with van der Waals surface area (Å²) in [4.78, 5) is 14.9. The Balaban J connectivity index is 0.00000169. The number of rotatable bonds is 2. The number of carbonyl (C=O) groups excluding carboxylic acids is 1. The van der Waals surface area contributed by atoms with E-state index in [1.165, 1.54) is 16.7 Å². The van der Waals surface area contributed by atoms with Crippen LogP contribution in [0.5, 0.6) is 0 Å². The number of halogens is 1. The second-order valence-electron chi connectivity index (χ2n) is 6.57. The summed E-state index contributed by atoms with van der Waals surface area (Å²) in [5.41, 5.74) is 3.95. The Labute approximate surface area is 149 Å². The topological polar surface area (TPSA) is 32.3 Å². The first kappa shape index (κ1) is 17.0. The minimum atomic E-state index is 0. The van der Waals surface area contributed by atoms with Gasteiger partial charge in [-0.05, 0) is 29.7 Å². The van der Waals surface area contributed by atoms with E-state index in [9.17, 15) is 4.79 Å². The van der Waals surface area contributed by atoms with Crippen molar-refractivity contribution in [3.8, 4) is 0 Å². The van der Waals surface area contributed by atoms with E-state index in [-0.39, 0.29) is 24.2 Å². The number of nitrogens with zero attached hydrogens (tertiary/aromatic N) is 1. The number of benzene rings is 2. The van der Waals surface area contributed by atoms with Crippen molar-refractivity contribution in [1.82, 2.24) is 10.2 Å². The molecule has 2 aromatic rings. The van der Waals surface area contributed by atoms with Gasteiger partial charge >= 0.3 is 0 Å². The lowest BCUT2D eigenvalue weighted by molar-refractivity contribution is -0.136. The number of hydrogen-bond donors (Lipinski definition) is 1. The van der Waals surface area contributed by atoms with Gasteiger partial charge in [0.05, 0.1) is 5.92 Å². The maximum absolute atomic E-state index is 12.9. The molecular weight excluding hydrogens is 320 g/mol. The predicted octanol–water partition coefficient (Wildman–Crippen LogP) is 3.19. The van der Waals surface area contributed by atoms with Gasteiger partial charge in [-0.1, -0.05) is 54.6 Å². The van der Waals surface area contributed by atoms with E-state index < -0.39 is 0 Å². The molecule has 2 atom stereocenters. The van der Waals surface area contributed by atoms with Gasteiger partial charge in [0.2, 0.25) is 5.91 Å². The number of hydrogen-bond acceptors (Lipinski definition) is 2. The van der Waals surface area contributed by atoms with E-state index in [0.29, 0.717) is 5.91 Å². The molecule has 0 saturated carbocycles. The molecule has 24 heavy (non-hydrogen) atoms. The minimum absolute atomic E-state index is 0. The van der Waals surface area contributed by atoms with E-state index in [2.05, 4.69) is 58.7 Å². The Hall–Kier alpha value is -1.84. The predicted molar refractivity (Wildman–Crippen MR) is 98.4 cm³/mol. The molecule has 0 spiro atoms. The highest BCUT2D eigenvalue weighted by Crippen LogP contribution is 2.34. The molecule has 1 N–H and O–H groups in total. The van der Waals surface area contributed by atoms with Gasteiger partial charge in [-0.25, -0.2) is 0 Å². The summed E-state index contributed by atoms with van der Waals surface area (Å²) in [7, 11) is 0. The van der Waals surface area contributed by atoms with Crippen molar-refractivity contribution in [3.05, 3.63) is 71.3 Å². The van der Waals surface area contributed by atoms with Crippen molar-refractivity contribution in [3.63, 3.8) is 0 Å². The second-order valence-corrected chi connectivity index (χ2v) is 6.57. The molecule has 1 fully saturated rings. The van der Waals surface area contributed by atoms with Crippen LogP contribution in [0.1, 0.15) is 29.0 Å². The van der Waals surface area contributed by atoms with Crippen LogP contribution in [0.15, 0.2) is 54.6 Å². The Morgan fingerprint density at radius 2 is 1.79 bits per heavy atom. The molecule has 2 aliphatic heterocycles. The van der Waals surface area contributed by atoms with Crippen LogP contribution < -0.4 is 5.32 Å². The summed E-state index contributed by atoms with van der Waals surface area (Å²) in [6.07, 6.45) is 0.965. The lowest BCUT2D eigenvalue weighted by atomic mass is 9.84. The van der Waals surface area contributed by atoms with Crippen molar-refractivity contribution in [2.75, 3.05) is 19.6 Å². The first-order valence-corrected chi connectivity index (χ1v) is 8.45. The first-order valence-electron chi connectivity index (χ1n) is 8.45. The molecule has 2 heterocycles. The monoisotopic (exact) mass is 342 g/mol. The van der Waals surface area contributed by atoms with E-state index in [0.717, 1.165) is 32.6 Å². The number of carbonyl (C=O) groups is 1. The molecule has 4 heteroatoms. The highest BCUT2D eigenvalue weighted by molar-refractivity contribution is 5.85. The maximum atomic E-state index is 12.9. The Morgan fingerprint density at radius 3 is 2.54 bits per heavy atom. The fraction of sp³-hybridized carbons (Fsp3) is 0.350. The third kappa shape index (κ3) is 3.19. The zero-order valence-electron chi connectivity index (χ0n) is 13.7. The van der Waals surface area contributed by atoms with Crippen LogP contribution >= 0.6 is 12.4 Å².